The Morgan fingerprint density at radius 2 is 2.04 bits per heavy atom. The lowest BCUT2D eigenvalue weighted by atomic mass is 10.1. The fraction of sp³-hybridized carbons (Fsp3) is 0.235. The number of aliphatic hydroxyl groups excluding tert-OH is 1. The van der Waals surface area contributed by atoms with Crippen LogP contribution in [0, 0.1) is 10.1 Å². The number of nitro groups is 1. The maximum absolute atomic E-state index is 10.7. The second-order valence-corrected chi connectivity index (χ2v) is 5.74. The predicted octanol–water partition coefficient (Wildman–Crippen LogP) is 2.44. The molecule has 0 radical (unpaired) electrons. The van der Waals surface area contributed by atoms with Gasteiger partial charge < -0.3 is 10.0 Å². The molecule has 0 aliphatic rings. The summed E-state index contributed by atoms with van der Waals surface area (Å²) in [6, 6.07) is 14.2. The molecule has 7 heteroatoms. The number of anilines is 1. The molecular weight excluding hydrogens is 308 g/mol. The zero-order valence-electron chi connectivity index (χ0n) is 13.2. The fourth-order valence-electron chi connectivity index (χ4n) is 2.66. The van der Waals surface area contributed by atoms with Gasteiger partial charge in [-0.05, 0) is 22.9 Å². The van der Waals surface area contributed by atoms with Crippen LogP contribution >= 0.6 is 0 Å². The monoisotopic (exact) mass is 326 g/mol. The molecule has 1 N–H and O–H groups in total. The van der Waals surface area contributed by atoms with E-state index in [0.29, 0.717) is 6.54 Å². The van der Waals surface area contributed by atoms with Crippen LogP contribution in [0.5, 0.6) is 0 Å². The number of nitrogens with zero attached hydrogens (tertiary/aromatic N) is 4. The van der Waals surface area contributed by atoms with Crippen molar-refractivity contribution in [3.05, 3.63) is 65.0 Å². The van der Waals surface area contributed by atoms with Gasteiger partial charge in [0.2, 0.25) is 0 Å². The molecule has 0 bridgehead atoms. The third-order valence-electron chi connectivity index (χ3n) is 3.89. The van der Waals surface area contributed by atoms with E-state index in [0.717, 1.165) is 11.1 Å². The van der Waals surface area contributed by atoms with E-state index < -0.39 is 11.0 Å². The van der Waals surface area contributed by atoms with Crippen LogP contribution < -0.4 is 4.90 Å². The lowest BCUT2D eigenvalue weighted by Crippen LogP contribution is -2.32. The molecule has 3 aromatic rings. The van der Waals surface area contributed by atoms with Crippen LogP contribution in [0.2, 0.25) is 0 Å². The first-order valence-corrected chi connectivity index (χ1v) is 7.58. The van der Waals surface area contributed by atoms with Crippen LogP contribution in [0.1, 0.15) is 0 Å². The first-order valence-electron chi connectivity index (χ1n) is 7.58. The second-order valence-electron chi connectivity index (χ2n) is 5.74. The van der Waals surface area contributed by atoms with Gasteiger partial charge in [0, 0.05) is 19.3 Å². The Hall–Kier alpha value is -2.93. The van der Waals surface area contributed by atoms with E-state index >= 15 is 0 Å². The third-order valence-corrected chi connectivity index (χ3v) is 3.89. The van der Waals surface area contributed by atoms with Crippen LogP contribution in [0.4, 0.5) is 11.4 Å². The summed E-state index contributed by atoms with van der Waals surface area (Å²) in [6.45, 7) is 0.595. The van der Waals surface area contributed by atoms with E-state index in [4.69, 9.17) is 0 Å². The Morgan fingerprint density at radius 3 is 2.75 bits per heavy atom. The van der Waals surface area contributed by atoms with Gasteiger partial charge in [-0.15, -0.1) is 0 Å². The molecule has 0 aliphatic carbocycles. The van der Waals surface area contributed by atoms with Crippen molar-refractivity contribution in [2.24, 2.45) is 0 Å². The summed E-state index contributed by atoms with van der Waals surface area (Å²) in [7, 11) is 1.90. The minimum Gasteiger partial charge on any atom is -0.389 e. The minimum absolute atomic E-state index is 0.0786. The number of aromatic nitrogens is 2. The normalized spacial score (nSPS) is 12.2. The van der Waals surface area contributed by atoms with Gasteiger partial charge >= 0.3 is 5.69 Å². The van der Waals surface area contributed by atoms with Crippen molar-refractivity contribution in [2.75, 3.05) is 18.5 Å². The average Bonchev–Trinajstić information content (AvgIpc) is 3.03. The predicted molar refractivity (Wildman–Crippen MR) is 92.1 cm³/mol. The highest BCUT2D eigenvalue weighted by Crippen LogP contribution is 2.21. The lowest BCUT2D eigenvalue weighted by molar-refractivity contribution is -0.385. The number of hydrogen-bond acceptors (Lipinski definition) is 5. The number of aliphatic hydroxyl groups is 1. The summed E-state index contributed by atoms with van der Waals surface area (Å²) in [5.41, 5.74) is 0.921. The number of benzene rings is 2. The van der Waals surface area contributed by atoms with Crippen molar-refractivity contribution in [3.63, 3.8) is 0 Å². The highest BCUT2D eigenvalue weighted by Gasteiger charge is 2.14. The summed E-state index contributed by atoms with van der Waals surface area (Å²) in [5.74, 6) is 0. The zero-order valence-corrected chi connectivity index (χ0v) is 13.2. The largest absolute Gasteiger partial charge is 0.389 e. The van der Waals surface area contributed by atoms with E-state index in [-0.39, 0.29) is 12.2 Å². The van der Waals surface area contributed by atoms with Gasteiger partial charge in [-0.3, -0.25) is 14.8 Å². The first kappa shape index (κ1) is 15.9. The van der Waals surface area contributed by atoms with Crippen LogP contribution in [0.25, 0.3) is 10.8 Å². The van der Waals surface area contributed by atoms with Gasteiger partial charge in [-0.25, -0.2) is 0 Å². The van der Waals surface area contributed by atoms with Gasteiger partial charge in [-0.2, -0.15) is 5.10 Å². The number of likely N-dealkylation sites (N-methyl/N-ethyl adjacent to an activating group) is 1. The molecule has 0 spiro atoms. The SMILES string of the molecule is CN(CC(O)Cn1cc([N+](=O)[O-])cn1)c1ccc2ccccc2c1. The van der Waals surface area contributed by atoms with Crippen molar-refractivity contribution in [1.29, 1.82) is 0 Å². The molecule has 0 saturated heterocycles. The molecule has 0 aliphatic heterocycles. The topological polar surface area (TPSA) is 84.4 Å². The third kappa shape index (κ3) is 3.52. The molecule has 124 valence electrons. The van der Waals surface area contributed by atoms with E-state index in [1.807, 2.05) is 42.3 Å². The van der Waals surface area contributed by atoms with Crippen LogP contribution in [0.15, 0.2) is 54.9 Å². The van der Waals surface area contributed by atoms with Crippen molar-refractivity contribution in [2.45, 2.75) is 12.6 Å². The smallest absolute Gasteiger partial charge is 0.306 e. The molecule has 1 atom stereocenters. The molecule has 24 heavy (non-hydrogen) atoms. The van der Waals surface area contributed by atoms with Gasteiger partial charge in [-0.1, -0.05) is 30.3 Å². The Kier molecular flexibility index (Phi) is 4.43. The first-order chi connectivity index (χ1) is 11.5. The molecule has 0 amide bonds. The molecule has 7 nitrogen and oxygen atoms in total. The van der Waals surface area contributed by atoms with E-state index in [1.165, 1.54) is 22.5 Å². The summed E-state index contributed by atoms with van der Waals surface area (Å²) >= 11 is 0. The summed E-state index contributed by atoms with van der Waals surface area (Å²) in [4.78, 5) is 12.1. The number of fused-ring (bicyclic) bond motifs is 1. The Labute approximate surface area is 138 Å². The van der Waals surface area contributed by atoms with Crippen LogP contribution in [0.3, 0.4) is 0 Å². The highest BCUT2D eigenvalue weighted by atomic mass is 16.6. The molecule has 3 rings (SSSR count). The minimum atomic E-state index is -0.694. The zero-order chi connectivity index (χ0) is 17.1. The van der Waals surface area contributed by atoms with Crippen molar-refractivity contribution in [3.8, 4) is 0 Å². The van der Waals surface area contributed by atoms with Crippen molar-refractivity contribution < 1.29 is 10.0 Å². The molecule has 2 aromatic carbocycles. The Bertz CT molecular complexity index is 862. The average molecular weight is 326 g/mol. The Morgan fingerprint density at radius 1 is 1.29 bits per heavy atom. The van der Waals surface area contributed by atoms with Gasteiger partial charge in [0.15, 0.2) is 0 Å². The fourth-order valence-corrected chi connectivity index (χ4v) is 2.66. The maximum Gasteiger partial charge on any atom is 0.306 e. The molecule has 1 aromatic heterocycles. The number of hydrogen-bond donors (Lipinski definition) is 1. The summed E-state index contributed by atoms with van der Waals surface area (Å²) < 4.78 is 1.39. The van der Waals surface area contributed by atoms with Crippen LogP contribution in [-0.2, 0) is 6.54 Å². The van der Waals surface area contributed by atoms with E-state index in [9.17, 15) is 15.2 Å². The lowest BCUT2D eigenvalue weighted by Gasteiger charge is -2.23. The van der Waals surface area contributed by atoms with Gasteiger partial charge in [0.1, 0.15) is 12.4 Å². The van der Waals surface area contributed by atoms with Crippen molar-refractivity contribution >= 4 is 22.1 Å². The van der Waals surface area contributed by atoms with Gasteiger partial charge in [0.05, 0.1) is 17.6 Å². The van der Waals surface area contributed by atoms with E-state index in [1.54, 1.807) is 0 Å². The highest BCUT2D eigenvalue weighted by molar-refractivity contribution is 5.85. The number of rotatable bonds is 6. The van der Waals surface area contributed by atoms with Gasteiger partial charge in [0.25, 0.3) is 0 Å². The molecular formula is C17H18N4O3. The molecule has 1 heterocycles. The standard InChI is InChI=1S/C17H18N4O3/c1-19(15-7-6-13-4-2-3-5-14(13)8-15)11-17(22)12-20-10-16(9-18-20)21(23)24/h2-10,17,22H,11-12H2,1H3. The van der Waals surface area contributed by atoms with E-state index in [2.05, 4.69) is 17.2 Å². The second kappa shape index (κ2) is 6.67. The quantitative estimate of drug-likeness (QED) is 0.555. The van der Waals surface area contributed by atoms with Crippen molar-refractivity contribution in [1.82, 2.24) is 9.78 Å². The van der Waals surface area contributed by atoms with Crippen LogP contribution in [-0.4, -0.2) is 39.5 Å². The molecule has 0 fully saturated rings. The summed E-state index contributed by atoms with van der Waals surface area (Å²) in [5, 5.41) is 27.1. The molecule has 1 unspecified atom stereocenters. The maximum atomic E-state index is 10.7. The Balaban J connectivity index is 1.65. The summed E-state index contributed by atoms with van der Waals surface area (Å²) in [6.07, 6.45) is 1.81. The molecule has 0 saturated carbocycles.